The van der Waals surface area contributed by atoms with Crippen molar-refractivity contribution in [3.8, 4) is 0 Å². The minimum Gasteiger partial charge on any atom is -0.411 e. The van der Waals surface area contributed by atoms with E-state index in [1.54, 1.807) is 0 Å². The topological polar surface area (TPSA) is 32.6 Å². The molecule has 0 bridgehead atoms. The van der Waals surface area contributed by atoms with Gasteiger partial charge in [-0.1, -0.05) is 25.9 Å². The van der Waals surface area contributed by atoms with Crippen LogP contribution in [-0.2, 0) is 0 Å². The smallest absolute Gasteiger partial charge is 0.159 e. The van der Waals surface area contributed by atoms with Crippen LogP contribution in [0.15, 0.2) is 23.4 Å². The minimum atomic E-state index is -0.946. The Hall–Kier alpha value is -1.45. The summed E-state index contributed by atoms with van der Waals surface area (Å²) in [5.41, 5.74) is 0.268. The highest BCUT2D eigenvalue weighted by molar-refractivity contribution is 6.03. The van der Waals surface area contributed by atoms with Crippen LogP contribution in [0.1, 0.15) is 26.3 Å². The van der Waals surface area contributed by atoms with Crippen LogP contribution in [0, 0.1) is 17.0 Å². The average molecular weight is 213 g/mol. The van der Waals surface area contributed by atoms with Crippen LogP contribution in [0.5, 0.6) is 0 Å². The Morgan fingerprint density at radius 3 is 2.20 bits per heavy atom. The predicted molar refractivity (Wildman–Crippen MR) is 54.1 cm³/mol. The molecule has 0 unspecified atom stereocenters. The largest absolute Gasteiger partial charge is 0.411 e. The first-order valence-electron chi connectivity index (χ1n) is 4.54. The molecule has 1 N–H and O–H groups in total. The number of nitrogens with zero attached hydrogens (tertiary/aromatic N) is 1. The van der Waals surface area contributed by atoms with Crippen molar-refractivity contribution in [2.45, 2.75) is 20.8 Å². The zero-order chi connectivity index (χ0) is 11.6. The van der Waals surface area contributed by atoms with E-state index in [9.17, 15) is 8.78 Å². The predicted octanol–water partition coefficient (Wildman–Crippen LogP) is 3.19. The molecule has 15 heavy (non-hydrogen) atoms. The lowest BCUT2D eigenvalue weighted by Gasteiger charge is -2.19. The summed E-state index contributed by atoms with van der Waals surface area (Å²) in [6.45, 7) is 5.47. The number of rotatable bonds is 1. The molecule has 0 aliphatic heterocycles. The third-order valence-electron chi connectivity index (χ3n) is 2.00. The zero-order valence-electron chi connectivity index (χ0n) is 8.88. The molecule has 1 aromatic carbocycles. The summed E-state index contributed by atoms with van der Waals surface area (Å²) < 4.78 is 25.6. The van der Waals surface area contributed by atoms with E-state index in [1.165, 1.54) is 6.07 Å². The molecule has 0 spiro atoms. The quantitative estimate of drug-likeness (QED) is 0.433. The van der Waals surface area contributed by atoms with E-state index in [4.69, 9.17) is 5.21 Å². The van der Waals surface area contributed by atoms with Gasteiger partial charge in [-0.15, -0.1) is 0 Å². The standard InChI is InChI=1S/C11H13F2NO/c1-11(2,3)10(14-15)7-4-5-8(12)9(13)6-7/h4-6,15H,1-3H3/b14-10+. The molecule has 82 valence electrons. The van der Waals surface area contributed by atoms with Crippen molar-refractivity contribution in [3.05, 3.63) is 35.4 Å². The second kappa shape index (κ2) is 3.96. The number of hydrogen-bond donors (Lipinski definition) is 1. The third-order valence-corrected chi connectivity index (χ3v) is 2.00. The van der Waals surface area contributed by atoms with Gasteiger partial charge in [-0.3, -0.25) is 0 Å². The van der Waals surface area contributed by atoms with Crippen molar-refractivity contribution < 1.29 is 14.0 Å². The van der Waals surface area contributed by atoms with Gasteiger partial charge in [0.15, 0.2) is 11.6 Å². The van der Waals surface area contributed by atoms with Crippen LogP contribution in [0.2, 0.25) is 0 Å². The lowest BCUT2D eigenvalue weighted by molar-refractivity contribution is 0.311. The van der Waals surface area contributed by atoms with Gasteiger partial charge in [0.1, 0.15) is 0 Å². The number of oxime groups is 1. The monoisotopic (exact) mass is 213 g/mol. The van der Waals surface area contributed by atoms with Crippen molar-refractivity contribution in [1.29, 1.82) is 0 Å². The van der Waals surface area contributed by atoms with Gasteiger partial charge in [0.05, 0.1) is 5.71 Å². The summed E-state index contributed by atoms with van der Waals surface area (Å²) in [5, 5.41) is 12.0. The van der Waals surface area contributed by atoms with Crippen molar-refractivity contribution >= 4 is 5.71 Å². The SMILES string of the molecule is CC(C)(C)/C(=N/O)c1ccc(F)c(F)c1. The first kappa shape index (κ1) is 11.6. The van der Waals surface area contributed by atoms with Gasteiger partial charge in [0.2, 0.25) is 0 Å². The molecule has 0 fully saturated rings. The van der Waals surface area contributed by atoms with Gasteiger partial charge in [0.25, 0.3) is 0 Å². The molecule has 0 atom stereocenters. The molecule has 0 saturated heterocycles. The van der Waals surface area contributed by atoms with E-state index in [-0.39, 0.29) is 0 Å². The fourth-order valence-corrected chi connectivity index (χ4v) is 1.28. The van der Waals surface area contributed by atoms with Gasteiger partial charge >= 0.3 is 0 Å². The van der Waals surface area contributed by atoms with Gasteiger partial charge in [-0.25, -0.2) is 8.78 Å². The fraction of sp³-hybridized carbons (Fsp3) is 0.364. The Morgan fingerprint density at radius 2 is 1.80 bits per heavy atom. The molecule has 0 amide bonds. The number of benzene rings is 1. The molecule has 4 heteroatoms. The number of hydrogen-bond acceptors (Lipinski definition) is 2. The van der Waals surface area contributed by atoms with Gasteiger partial charge in [-0.2, -0.15) is 0 Å². The maximum Gasteiger partial charge on any atom is 0.159 e. The Balaban J connectivity index is 3.21. The summed E-state index contributed by atoms with van der Waals surface area (Å²) in [6, 6.07) is 3.43. The summed E-state index contributed by atoms with van der Waals surface area (Å²) >= 11 is 0. The Labute approximate surface area is 87.2 Å². The Kier molecular flexibility index (Phi) is 3.07. The van der Waals surface area contributed by atoms with Crippen LogP contribution in [-0.4, -0.2) is 10.9 Å². The van der Waals surface area contributed by atoms with Crippen molar-refractivity contribution in [3.63, 3.8) is 0 Å². The minimum absolute atomic E-state index is 0.321. The van der Waals surface area contributed by atoms with E-state index in [0.717, 1.165) is 12.1 Å². The summed E-state index contributed by atoms with van der Waals surface area (Å²) in [7, 11) is 0. The van der Waals surface area contributed by atoms with Crippen molar-refractivity contribution in [1.82, 2.24) is 0 Å². The maximum absolute atomic E-state index is 13.0. The molecule has 0 aliphatic rings. The normalized spacial score (nSPS) is 13.0. The highest BCUT2D eigenvalue weighted by atomic mass is 19.2. The lowest BCUT2D eigenvalue weighted by Crippen LogP contribution is -2.21. The van der Waals surface area contributed by atoms with E-state index < -0.39 is 17.0 Å². The molecule has 0 heterocycles. The van der Waals surface area contributed by atoms with Crippen molar-refractivity contribution in [2.24, 2.45) is 10.6 Å². The molecular formula is C11H13F2NO. The molecule has 0 saturated carbocycles. The van der Waals surface area contributed by atoms with Gasteiger partial charge in [0, 0.05) is 11.0 Å². The first-order chi connectivity index (χ1) is 6.86. The molecular weight excluding hydrogens is 200 g/mol. The maximum atomic E-state index is 13.0. The van der Waals surface area contributed by atoms with Crippen LogP contribution in [0.3, 0.4) is 0 Å². The lowest BCUT2D eigenvalue weighted by atomic mass is 9.85. The van der Waals surface area contributed by atoms with E-state index in [1.807, 2.05) is 20.8 Å². The van der Waals surface area contributed by atoms with E-state index >= 15 is 0 Å². The van der Waals surface area contributed by atoms with E-state index in [0.29, 0.717) is 11.3 Å². The van der Waals surface area contributed by atoms with Crippen molar-refractivity contribution in [2.75, 3.05) is 0 Å². The Bertz CT molecular complexity index is 394. The second-order valence-corrected chi connectivity index (χ2v) is 4.33. The van der Waals surface area contributed by atoms with Crippen LogP contribution in [0.4, 0.5) is 8.78 Å². The highest BCUT2D eigenvalue weighted by Crippen LogP contribution is 2.22. The molecule has 1 aromatic rings. The average Bonchev–Trinajstić information content (AvgIpc) is 2.10. The van der Waals surface area contributed by atoms with Gasteiger partial charge in [-0.05, 0) is 18.2 Å². The first-order valence-corrected chi connectivity index (χ1v) is 4.54. The van der Waals surface area contributed by atoms with Crippen LogP contribution >= 0.6 is 0 Å². The highest BCUT2D eigenvalue weighted by Gasteiger charge is 2.22. The van der Waals surface area contributed by atoms with Gasteiger partial charge < -0.3 is 5.21 Å². The zero-order valence-corrected chi connectivity index (χ0v) is 8.88. The molecule has 1 rings (SSSR count). The molecule has 0 aliphatic carbocycles. The Morgan fingerprint density at radius 1 is 1.20 bits per heavy atom. The van der Waals surface area contributed by atoms with E-state index in [2.05, 4.69) is 5.16 Å². The van der Waals surface area contributed by atoms with Crippen LogP contribution < -0.4 is 0 Å². The summed E-state index contributed by atoms with van der Waals surface area (Å²) in [6.07, 6.45) is 0. The number of halogens is 2. The summed E-state index contributed by atoms with van der Waals surface area (Å²) in [5.74, 6) is -1.86. The molecule has 2 nitrogen and oxygen atoms in total. The molecule has 0 aromatic heterocycles. The third kappa shape index (κ3) is 2.52. The second-order valence-electron chi connectivity index (χ2n) is 4.33. The fourth-order valence-electron chi connectivity index (χ4n) is 1.28. The summed E-state index contributed by atoms with van der Waals surface area (Å²) in [4.78, 5) is 0. The van der Waals surface area contributed by atoms with Crippen LogP contribution in [0.25, 0.3) is 0 Å². The molecule has 0 radical (unpaired) electrons.